The normalized spacial score (nSPS) is 16.9. The predicted molar refractivity (Wildman–Crippen MR) is 124 cm³/mol. The molecule has 3 aromatic carbocycles. The minimum Gasteiger partial charge on any atom is -0.378 e. The molecule has 0 spiro atoms. The lowest BCUT2D eigenvalue weighted by atomic mass is 9.98. The van der Waals surface area contributed by atoms with Gasteiger partial charge in [-0.15, -0.1) is 0 Å². The smallest absolute Gasteiger partial charge is 0.378 e. The van der Waals surface area contributed by atoms with Gasteiger partial charge in [0.1, 0.15) is 5.82 Å². The van der Waals surface area contributed by atoms with Crippen molar-refractivity contribution in [1.29, 1.82) is 0 Å². The van der Waals surface area contributed by atoms with E-state index in [0.717, 1.165) is 17.7 Å². The fourth-order valence-electron chi connectivity index (χ4n) is 4.58. The topological polar surface area (TPSA) is 49.8 Å². The van der Waals surface area contributed by atoms with E-state index < -0.39 is 23.5 Å². The maximum Gasteiger partial charge on any atom is 0.417 e. The average Bonchev–Trinajstić information content (AvgIpc) is 3.61. The number of halogens is 6. The largest absolute Gasteiger partial charge is 0.417 e. The number of rotatable bonds is 3. The Morgan fingerprint density at radius 1 is 0.778 bits per heavy atom. The monoisotopic (exact) mass is 498 g/mol. The van der Waals surface area contributed by atoms with E-state index in [-0.39, 0.29) is 34.5 Å². The number of para-hydroxylation sites is 1. The molecule has 4 nitrogen and oxygen atoms in total. The molecule has 1 aliphatic carbocycles. The molecule has 1 fully saturated rings. The van der Waals surface area contributed by atoms with E-state index in [1.54, 1.807) is 30.3 Å². The summed E-state index contributed by atoms with van der Waals surface area (Å²) < 4.78 is 82.9. The number of hydrogen-bond donors (Lipinski definition) is 2. The molecule has 0 saturated heterocycles. The minimum atomic E-state index is -4.64. The van der Waals surface area contributed by atoms with Gasteiger partial charge < -0.3 is 10.6 Å². The Bertz CT molecular complexity index is 1550. The number of alkyl halides is 6. The van der Waals surface area contributed by atoms with Crippen LogP contribution in [0.4, 0.5) is 37.8 Å². The number of anilines is 2. The van der Waals surface area contributed by atoms with Gasteiger partial charge in [0.05, 0.1) is 28.4 Å². The molecule has 2 aliphatic rings. The van der Waals surface area contributed by atoms with Crippen LogP contribution in [0.3, 0.4) is 0 Å². The second-order valence-electron chi connectivity index (χ2n) is 8.61. The SMILES string of the molecule is FC(F)(F)c1ccccc1-c1nc(NC2=C3CC3Nc3cccc(C(F)(F)F)c32)c2ccccc2n1. The number of nitrogens with one attached hydrogen (secondary N) is 2. The molecular formula is C26H16F6N4. The fraction of sp³-hybridized carbons (Fsp3) is 0.154. The molecule has 0 amide bonds. The van der Waals surface area contributed by atoms with Gasteiger partial charge in [-0.25, -0.2) is 9.97 Å². The Kier molecular flexibility index (Phi) is 4.79. The Balaban J connectivity index is 1.54. The summed E-state index contributed by atoms with van der Waals surface area (Å²) in [5.74, 6) is -0.0501. The molecule has 1 aliphatic heterocycles. The molecule has 1 unspecified atom stereocenters. The summed E-state index contributed by atoms with van der Waals surface area (Å²) in [4.78, 5) is 8.74. The van der Waals surface area contributed by atoms with Crippen molar-refractivity contribution >= 4 is 28.1 Å². The van der Waals surface area contributed by atoms with Crippen LogP contribution in [-0.2, 0) is 12.4 Å². The van der Waals surface area contributed by atoms with Crippen molar-refractivity contribution in [2.75, 3.05) is 10.6 Å². The summed E-state index contributed by atoms with van der Waals surface area (Å²) in [6.45, 7) is 0. The van der Waals surface area contributed by atoms with Crippen LogP contribution in [0, 0.1) is 0 Å². The number of hydrogen-bond acceptors (Lipinski definition) is 4. The summed E-state index contributed by atoms with van der Waals surface area (Å²) in [7, 11) is 0. The summed E-state index contributed by atoms with van der Waals surface area (Å²) in [6.07, 6.45) is -8.70. The third-order valence-corrected chi connectivity index (χ3v) is 6.28. The van der Waals surface area contributed by atoms with Gasteiger partial charge in [-0.2, -0.15) is 26.3 Å². The summed E-state index contributed by atoms with van der Waals surface area (Å²) in [6, 6.07) is 15.4. The van der Waals surface area contributed by atoms with Crippen LogP contribution in [0.5, 0.6) is 0 Å². The molecule has 10 heteroatoms. The average molecular weight is 498 g/mol. The first-order valence-corrected chi connectivity index (χ1v) is 11.0. The molecule has 0 bridgehead atoms. The molecule has 36 heavy (non-hydrogen) atoms. The van der Waals surface area contributed by atoms with Crippen molar-refractivity contribution < 1.29 is 26.3 Å². The lowest BCUT2D eigenvalue weighted by Crippen LogP contribution is -2.19. The van der Waals surface area contributed by atoms with Crippen LogP contribution in [0.2, 0.25) is 0 Å². The molecular weight excluding hydrogens is 482 g/mol. The molecule has 4 aromatic rings. The van der Waals surface area contributed by atoms with Gasteiger partial charge in [-0.3, -0.25) is 0 Å². The van der Waals surface area contributed by atoms with Gasteiger partial charge >= 0.3 is 12.4 Å². The van der Waals surface area contributed by atoms with Crippen molar-refractivity contribution in [3.8, 4) is 11.4 Å². The van der Waals surface area contributed by atoms with Crippen molar-refractivity contribution in [3.63, 3.8) is 0 Å². The second-order valence-corrected chi connectivity index (χ2v) is 8.61. The predicted octanol–water partition coefficient (Wildman–Crippen LogP) is 7.36. The summed E-state index contributed by atoms with van der Waals surface area (Å²) in [5, 5.41) is 6.64. The highest BCUT2D eigenvalue weighted by Gasteiger charge is 2.44. The fourth-order valence-corrected chi connectivity index (χ4v) is 4.58. The van der Waals surface area contributed by atoms with Crippen LogP contribution >= 0.6 is 0 Å². The first-order chi connectivity index (χ1) is 17.1. The van der Waals surface area contributed by atoms with Crippen LogP contribution < -0.4 is 10.6 Å². The quantitative estimate of drug-likeness (QED) is 0.290. The first-order valence-electron chi connectivity index (χ1n) is 11.0. The molecule has 2 heterocycles. The Hall–Kier alpha value is -4.08. The zero-order valence-electron chi connectivity index (χ0n) is 18.3. The van der Waals surface area contributed by atoms with E-state index in [4.69, 9.17) is 0 Å². The van der Waals surface area contributed by atoms with Gasteiger partial charge in [0, 0.05) is 22.2 Å². The van der Waals surface area contributed by atoms with E-state index in [1.165, 1.54) is 24.3 Å². The first kappa shape index (κ1) is 22.4. The van der Waals surface area contributed by atoms with Gasteiger partial charge in [-0.05, 0) is 42.3 Å². The van der Waals surface area contributed by atoms with Gasteiger partial charge in [0.15, 0.2) is 5.82 Å². The highest BCUT2D eigenvalue weighted by Crippen LogP contribution is 2.50. The third-order valence-electron chi connectivity index (χ3n) is 6.28. The van der Waals surface area contributed by atoms with Gasteiger partial charge in [0.25, 0.3) is 0 Å². The van der Waals surface area contributed by atoms with Crippen molar-refractivity contribution in [3.05, 3.63) is 89.0 Å². The Morgan fingerprint density at radius 3 is 2.25 bits per heavy atom. The van der Waals surface area contributed by atoms with Crippen LogP contribution in [0.15, 0.2) is 72.3 Å². The lowest BCUT2D eigenvalue weighted by Gasteiger charge is -2.24. The Morgan fingerprint density at radius 2 is 1.47 bits per heavy atom. The standard InChI is InChI=1S/C26H16F6N4/c27-25(28,29)16-8-3-1-6-13(16)23-34-18-10-4-2-7-14(18)24(36-23)35-22-15-12-20(15)33-19-11-5-9-17(21(19)22)26(30,31)32/h1-11,20,33H,12H2,(H,34,35,36). The van der Waals surface area contributed by atoms with Crippen LogP contribution in [0.1, 0.15) is 23.1 Å². The molecule has 2 N–H and O–H groups in total. The molecule has 1 aromatic heterocycles. The molecule has 6 rings (SSSR count). The maximum atomic E-state index is 13.9. The van der Waals surface area contributed by atoms with E-state index in [9.17, 15) is 26.3 Å². The summed E-state index contributed by atoms with van der Waals surface area (Å²) >= 11 is 0. The number of nitrogens with zero attached hydrogens (tertiary/aromatic N) is 2. The van der Waals surface area contributed by atoms with E-state index >= 15 is 0 Å². The van der Waals surface area contributed by atoms with E-state index in [2.05, 4.69) is 20.6 Å². The van der Waals surface area contributed by atoms with Crippen LogP contribution in [-0.4, -0.2) is 16.0 Å². The van der Waals surface area contributed by atoms with Crippen molar-refractivity contribution in [2.24, 2.45) is 0 Å². The molecule has 0 radical (unpaired) electrons. The Labute approximate surface area is 200 Å². The highest BCUT2D eigenvalue weighted by atomic mass is 19.4. The zero-order valence-corrected chi connectivity index (χ0v) is 18.3. The van der Waals surface area contributed by atoms with Crippen molar-refractivity contribution in [1.82, 2.24) is 9.97 Å². The number of aromatic nitrogens is 2. The highest BCUT2D eigenvalue weighted by molar-refractivity contribution is 5.99. The second kappa shape index (κ2) is 7.71. The lowest BCUT2D eigenvalue weighted by molar-refractivity contribution is -0.138. The maximum absolute atomic E-state index is 13.9. The van der Waals surface area contributed by atoms with E-state index in [1.807, 2.05) is 0 Å². The summed E-state index contributed by atoms with van der Waals surface area (Å²) in [5.41, 5.74) is -0.260. The molecule has 1 atom stereocenters. The minimum absolute atomic E-state index is 0.0336. The molecule has 182 valence electrons. The van der Waals surface area contributed by atoms with Gasteiger partial charge in [-0.1, -0.05) is 36.4 Å². The zero-order chi connectivity index (χ0) is 25.2. The van der Waals surface area contributed by atoms with Crippen molar-refractivity contribution in [2.45, 2.75) is 24.8 Å². The third kappa shape index (κ3) is 3.73. The van der Waals surface area contributed by atoms with Gasteiger partial charge in [0.2, 0.25) is 0 Å². The number of fused-ring (bicyclic) bond motifs is 3. The van der Waals surface area contributed by atoms with E-state index in [0.29, 0.717) is 23.0 Å². The number of benzene rings is 3. The molecule has 1 saturated carbocycles. The van der Waals surface area contributed by atoms with Crippen LogP contribution in [0.25, 0.3) is 28.0 Å².